The zero-order chi connectivity index (χ0) is 18.3. The summed E-state index contributed by atoms with van der Waals surface area (Å²) in [5, 5.41) is 0. The molecule has 4 nitrogen and oxygen atoms in total. The van der Waals surface area contributed by atoms with E-state index in [4.69, 9.17) is 4.55 Å². The number of ether oxygens (including phenoxy) is 1. The molecule has 0 saturated carbocycles. The minimum Gasteiger partial charge on any atom is -0.461 e. The molecule has 0 radical (unpaired) electrons. The fourth-order valence-corrected chi connectivity index (χ4v) is 2.67. The van der Waals surface area contributed by atoms with Gasteiger partial charge in [0.2, 0.25) is 11.6 Å². The highest BCUT2D eigenvalue weighted by atomic mass is 32.2. The number of hydrogen-bond acceptors (Lipinski definition) is 3. The molecule has 0 bridgehead atoms. The quantitative estimate of drug-likeness (QED) is 0.170. The molecular formula is C15H18F4O4S. The minimum atomic E-state index is -5.36. The number of unbranched alkanes of at least 4 members (excludes halogenated alkanes) is 5. The summed E-state index contributed by atoms with van der Waals surface area (Å²) in [7, 11) is -5.36. The molecule has 0 aromatic heterocycles. The molecule has 1 aromatic carbocycles. The van der Waals surface area contributed by atoms with Gasteiger partial charge in [-0.1, -0.05) is 32.6 Å². The monoisotopic (exact) mass is 370 g/mol. The van der Waals surface area contributed by atoms with Crippen LogP contribution in [0, 0.1) is 23.3 Å². The third-order valence-electron chi connectivity index (χ3n) is 3.20. The van der Waals surface area contributed by atoms with Crippen molar-refractivity contribution in [1.29, 1.82) is 0 Å². The van der Waals surface area contributed by atoms with E-state index >= 15 is 0 Å². The van der Waals surface area contributed by atoms with Crippen molar-refractivity contribution in [3.8, 4) is 5.75 Å². The maximum atomic E-state index is 13.6. The van der Waals surface area contributed by atoms with Crippen molar-refractivity contribution < 1.29 is 35.3 Å². The largest absolute Gasteiger partial charge is 0.461 e. The second-order valence-electron chi connectivity index (χ2n) is 5.08. The van der Waals surface area contributed by atoms with Crippen LogP contribution in [0.5, 0.6) is 5.75 Å². The second kappa shape index (κ2) is 9.03. The molecule has 0 heterocycles. The first kappa shape index (κ1) is 20.4. The van der Waals surface area contributed by atoms with Gasteiger partial charge in [-0.25, -0.2) is 13.2 Å². The van der Waals surface area contributed by atoms with E-state index in [1.165, 1.54) is 6.08 Å². The van der Waals surface area contributed by atoms with Gasteiger partial charge in [0, 0.05) is 0 Å². The number of allylic oxidation sites excluding steroid dienone is 1. The van der Waals surface area contributed by atoms with Gasteiger partial charge < -0.3 is 4.74 Å². The molecular weight excluding hydrogens is 352 g/mol. The number of benzene rings is 1. The van der Waals surface area contributed by atoms with Gasteiger partial charge in [-0.15, -0.1) is 0 Å². The van der Waals surface area contributed by atoms with Gasteiger partial charge >= 0.3 is 10.1 Å². The van der Waals surface area contributed by atoms with Crippen molar-refractivity contribution in [3.63, 3.8) is 0 Å². The normalized spacial score (nSPS) is 12.1. The molecule has 0 fully saturated rings. The molecule has 0 saturated heterocycles. The van der Waals surface area contributed by atoms with Crippen LogP contribution in [0.2, 0.25) is 0 Å². The summed E-state index contributed by atoms with van der Waals surface area (Å²) in [6.07, 6.45) is 7.71. The molecule has 0 aliphatic heterocycles. The van der Waals surface area contributed by atoms with Gasteiger partial charge in [-0.05, 0) is 18.9 Å². The third-order valence-corrected chi connectivity index (χ3v) is 4.08. The average molecular weight is 370 g/mol. The van der Waals surface area contributed by atoms with Crippen LogP contribution in [0.3, 0.4) is 0 Å². The molecule has 136 valence electrons. The Balaban J connectivity index is 2.92. The predicted molar refractivity (Wildman–Crippen MR) is 79.2 cm³/mol. The average Bonchev–Trinajstić information content (AvgIpc) is 2.51. The highest BCUT2D eigenvalue weighted by Crippen LogP contribution is 2.34. The summed E-state index contributed by atoms with van der Waals surface area (Å²) >= 11 is 0. The molecule has 0 unspecified atom stereocenters. The topological polar surface area (TPSA) is 63.6 Å². The molecule has 0 atom stereocenters. The molecule has 1 N–H and O–H groups in total. The van der Waals surface area contributed by atoms with Crippen LogP contribution in [0.4, 0.5) is 17.6 Å². The lowest BCUT2D eigenvalue weighted by molar-refractivity contribution is 0.346. The van der Waals surface area contributed by atoms with Gasteiger partial charge in [0.15, 0.2) is 22.3 Å². The first-order valence-corrected chi connectivity index (χ1v) is 8.80. The number of rotatable bonds is 9. The molecule has 0 aliphatic carbocycles. The Morgan fingerprint density at radius 3 is 2.12 bits per heavy atom. The van der Waals surface area contributed by atoms with Crippen molar-refractivity contribution in [2.45, 2.75) is 50.3 Å². The molecule has 24 heavy (non-hydrogen) atoms. The van der Waals surface area contributed by atoms with E-state index in [0.717, 1.165) is 38.4 Å². The molecule has 1 rings (SSSR count). The van der Waals surface area contributed by atoms with Gasteiger partial charge in [0.1, 0.15) is 0 Å². The predicted octanol–water partition coefficient (Wildman–Crippen LogP) is 4.74. The SMILES string of the molecule is CCCCCCCC=COc1c(F)c(F)c(F)c(F)c1S(=O)(=O)O. The Kier molecular flexibility index (Phi) is 7.68. The number of hydrogen-bond donors (Lipinski definition) is 1. The summed E-state index contributed by atoms with van der Waals surface area (Å²) in [4.78, 5) is -1.79. The standard InChI is InChI=1S/C15H18F4O4S/c1-2-3-4-5-6-7-8-9-23-14-12(18)10(16)11(17)13(19)15(14)24(20,21)22/h8-9H,2-7H2,1H3,(H,20,21,22). The van der Waals surface area contributed by atoms with Crippen molar-refractivity contribution in [2.75, 3.05) is 0 Å². The minimum absolute atomic E-state index is 0.513. The highest BCUT2D eigenvalue weighted by Gasteiger charge is 2.33. The Hall–Kier alpha value is -1.61. The smallest absolute Gasteiger partial charge is 0.301 e. The Morgan fingerprint density at radius 1 is 0.958 bits per heavy atom. The van der Waals surface area contributed by atoms with Crippen molar-refractivity contribution in [1.82, 2.24) is 0 Å². The van der Waals surface area contributed by atoms with E-state index in [1.54, 1.807) is 0 Å². The third kappa shape index (κ3) is 5.20. The zero-order valence-corrected chi connectivity index (χ0v) is 13.8. The van der Waals surface area contributed by atoms with Crippen molar-refractivity contribution >= 4 is 10.1 Å². The summed E-state index contributed by atoms with van der Waals surface area (Å²) < 4.78 is 89.1. The lowest BCUT2D eigenvalue weighted by Crippen LogP contribution is -2.10. The first-order valence-electron chi connectivity index (χ1n) is 7.36. The van der Waals surface area contributed by atoms with Gasteiger partial charge in [0.25, 0.3) is 0 Å². The lowest BCUT2D eigenvalue weighted by Gasteiger charge is -2.10. The molecule has 0 spiro atoms. The summed E-state index contributed by atoms with van der Waals surface area (Å²) in [5.41, 5.74) is 0. The van der Waals surface area contributed by atoms with Crippen molar-refractivity contribution in [2.24, 2.45) is 0 Å². The van der Waals surface area contributed by atoms with E-state index in [0.29, 0.717) is 6.42 Å². The first-order chi connectivity index (χ1) is 11.2. The Morgan fingerprint density at radius 2 is 1.54 bits per heavy atom. The molecule has 0 amide bonds. The maximum Gasteiger partial charge on any atom is 0.301 e. The van der Waals surface area contributed by atoms with Gasteiger partial charge in [0.05, 0.1) is 6.26 Å². The van der Waals surface area contributed by atoms with Crippen LogP contribution in [-0.2, 0) is 10.1 Å². The van der Waals surface area contributed by atoms with E-state index in [-0.39, 0.29) is 0 Å². The fourth-order valence-electron chi connectivity index (χ4n) is 1.98. The van der Waals surface area contributed by atoms with Gasteiger partial charge in [-0.2, -0.15) is 12.8 Å². The Labute approximate surface area is 137 Å². The van der Waals surface area contributed by atoms with Crippen LogP contribution in [0.25, 0.3) is 0 Å². The van der Waals surface area contributed by atoms with Crippen LogP contribution >= 0.6 is 0 Å². The maximum absolute atomic E-state index is 13.6. The van der Waals surface area contributed by atoms with Crippen molar-refractivity contribution in [3.05, 3.63) is 35.6 Å². The van der Waals surface area contributed by atoms with Gasteiger partial charge in [-0.3, -0.25) is 4.55 Å². The molecule has 0 aliphatic rings. The second-order valence-corrected chi connectivity index (χ2v) is 6.44. The highest BCUT2D eigenvalue weighted by molar-refractivity contribution is 7.86. The summed E-state index contributed by atoms with van der Waals surface area (Å²) in [5.74, 6) is -10.3. The molecule has 9 heteroatoms. The fraction of sp³-hybridized carbons (Fsp3) is 0.467. The molecule has 1 aromatic rings. The Bertz CT molecular complexity index is 702. The van der Waals surface area contributed by atoms with E-state index in [2.05, 4.69) is 11.7 Å². The zero-order valence-electron chi connectivity index (χ0n) is 13.0. The van der Waals surface area contributed by atoms with Crippen LogP contribution < -0.4 is 4.74 Å². The van der Waals surface area contributed by atoms with E-state index in [1.807, 2.05) is 0 Å². The van der Waals surface area contributed by atoms with Crippen LogP contribution in [0.15, 0.2) is 17.2 Å². The van der Waals surface area contributed by atoms with E-state index < -0.39 is 44.0 Å². The van der Waals surface area contributed by atoms with Crippen LogP contribution in [0.1, 0.15) is 45.4 Å². The summed E-state index contributed by atoms with van der Waals surface area (Å²) in [6, 6.07) is 0. The summed E-state index contributed by atoms with van der Waals surface area (Å²) in [6.45, 7) is 2.07. The lowest BCUT2D eigenvalue weighted by atomic mass is 10.1. The number of halogens is 4. The van der Waals surface area contributed by atoms with Crippen LogP contribution in [-0.4, -0.2) is 13.0 Å². The van der Waals surface area contributed by atoms with E-state index in [9.17, 15) is 26.0 Å².